The van der Waals surface area contributed by atoms with Gasteiger partial charge < -0.3 is 15.6 Å². The fourth-order valence-corrected chi connectivity index (χ4v) is 3.06. The van der Waals surface area contributed by atoms with Gasteiger partial charge in [0.05, 0.1) is 13.2 Å². The smallest absolute Gasteiger partial charge is 0.414 e. The Balaban J connectivity index is 0.000000941. The summed E-state index contributed by atoms with van der Waals surface area (Å²) in [6, 6.07) is 14.1. The van der Waals surface area contributed by atoms with E-state index in [0.29, 0.717) is 6.54 Å². The number of amides is 2. The molecule has 0 bridgehead atoms. The van der Waals surface area contributed by atoms with Crippen LogP contribution in [-0.4, -0.2) is 36.9 Å². The number of allylic oxidation sites excluding steroid dienone is 1. The average molecular weight is 394 g/mol. The van der Waals surface area contributed by atoms with Gasteiger partial charge in [0.25, 0.3) is 0 Å². The van der Waals surface area contributed by atoms with Gasteiger partial charge in [-0.15, -0.1) is 6.58 Å². The van der Waals surface area contributed by atoms with Gasteiger partial charge in [-0.05, 0) is 47.7 Å². The highest BCUT2D eigenvalue weighted by molar-refractivity contribution is 5.90. The Labute approximate surface area is 170 Å². The zero-order valence-corrected chi connectivity index (χ0v) is 16.5. The number of primary amides is 1. The van der Waals surface area contributed by atoms with Gasteiger partial charge in [0.15, 0.2) is 0 Å². The van der Waals surface area contributed by atoms with E-state index in [2.05, 4.69) is 36.6 Å². The second-order valence-corrected chi connectivity index (χ2v) is 6.50. The lowest BCUT2D eigenvalue weighted by Gasteiger charge is -2.14. The van der Waals surface area contributed by atoms with Crippen LogP contribution < -0.4 is 10.6 Å². The lowest BCUT2D eigenvalue weighted by Crippen LogP contribution is -2.25. The molecule has 0 spiro atoms. The van der Waals surface area contributed by atoms with Crippen molar-refractivity contribution >= 4 is 30.3 Å². The molecule has 1 aliphatic rings. The quantitative estimate of drug-likeness (QED) is 0.447. The lowest BCUT2D eigenvalue weighted by molar-refractivity contribution is -0.106. The van der Waals surface area contributed by atoms with Gasteiger partial charge >= 0.3 is 6.09 Å². The zero-order valence-electron chi connectivity index (χ0n) is 16.5. The topological polar surface area (TPSA) is 92.9 Å². The Kier molecular flexibility index (Phi) is 8.18. The van der Waals surface area contributed by atoms with Gasteiger partial charge in [-0.1, -0.05) is 48.6 Å². The molecule has 0 unspecified atom stereocenters. The second-order valence-electron chi connectivity index (χ2n) is 6.50. The molecule has 6 nitrogen and oxygen atoms in total. The predicted octanol–water partition coefficient (Wildman–Crippen LogP) is 3.31. The molecule has 0 saturated carbocycles. The van der Waals surface area contributed by atoms with E-state index in [1.807, 2.05) is 43.3 Å². The van der Waals surface area contributed by atoms with Crippen LogP contribution in [0.25, 0.3) is 12.2 Å². The van der Waals surface area contributed by atoms with E-state index in [0.717, 1.165) is 23.2 Å². The van der Waals surface area contributed by atoms with Crippen molar-refractivity contribution in [1.29, 1.82) is 0 Å². The Hall–Kier alpha value is -3.38. The maximum Gasteiger partial charge on any atom is 0.414 e. The number of hydrogen-bond acceptors (Lipinski definition) is 4. The van der Waals surface area contributed by atoms with Crippen molar-refractivity contribution in [3.63, 3.8) is 0 Å². The fourth-order valence-electron chi connectivity index (χ4n) is 3.06. The van der Waals surface area contributed by atoms with Crippen LogP contribution >= 0.6 is 0 Å². The van der Waals surface area contributed by atoms with E-state index in [1.165, 1.54) is 11.1 Å². The summed E-state index contributed by atoms with van der Waals surface area (Å²) in [6.45, 7) is 6.04. The minimum absolute atomic E-state index is 0.161. The van der Waals surface area contributed by atoms with Crippen LogP contribution in [0.4, 0.5) is 10.5 Å². The Morgan fingerprint density at radius 1 is 1.24 bits per heavy atom. The molecule has 0 aromatic heterocycles. The van der Waals surface area contributed by atoms with Gasteiger partial charge in [-0.25, -0.2) is 4.79 Å². The molecule has 0 radical (unpaired) electrons. The molecular formula is C23H26N2O4. The van der Waals surface area contributed by atoms with Crippen LogP contribution in [0.15, 0.2) is 55.1 Å². The van der Waals surface area contributed by atoms with Crippen molar-refractivity contribution in [1.82, 2.24) is 0 Å². The van der Waals surface area contributed by atoms with Gasteiger partial charge in [-0.2, -0.15) is 0 Å². The molecule has 1 atom stereocenters. The highest BCUT2D eigenvalue weighted by atomic mass is 16.6. The van der Waals surface area contributed by atoms with Gasteiger partial charge in [0.2, 0.25) is 6.41 Å². The van der Waals surface area contributed by atoms with Crippen molar-refractivity contribution in [3.8, 4) is 0 Å². The van der Waals surface area contributed by atoms with E-state index in [9.17, 15) is 4.79 Å². The molecule has 1 aliphatic heterocycles. The van der Waals surface area contributed by atoms with E-state index >= 15 is 0 Å². The molecule has 0 aliphatic carbocycles. The first-order chi connectivity index (χ1) is 14.0. The third kappa shape index (κ3) is 5.80. The Morgan fingerprint density at radius 3 is 2.55 bits per heavy atom. The van der Waals surface area contributed by atoms with Crippen molar-refractivity contribution in [3.05, 3.63) is 77.4 Å². The molecule has 1 fully saturated rings. The largest absolute Gasteiger partial charge is 0.441 e. The second kappa shape index (κ2) is 10.8. The Morgan fingerprint density at radius 2 is 1.93 bits per heavy atom. The maximum absolute atomic E-state index is 11.9. The van der Waals surface area contributed by atoms with Crippen LogP contribution in [0.1, 0.15) is 22.3 Å². The number of nitrogens with two attached hydrogens (primary N) is 1. The number of benzene rings is 2. The van der Waals surface area contributed by atoms with Crippen LogP contribution in [0.2, 0.25) is 0 Å². The van der Waals surface area contributed by atoms with E-state index in [1.54, 1.807) is 4.90 Å². The molecule has 3 N–H and O–H groups in total. The predicted molar refractivity (Wildman–Crippen MR) is 115 cm³/mol. The number of carbonyl (C=O) groups excluding carboxylic acids is 2. The van der Waals surface area contributed by atoms with Crippen molar-refractivity contribution in [2.75, 3.05) is 18.1 Å². The third-order valence-corrected chi connectivity index (χ3v) is 4.50. The standard InChI is InChI=1S/C22H23NO3.CH3NO/c1-3-6-18-7-4-5-8-19(18)10-9-17-11-12-20(13-16(17)2)23-14-21(15-24)26-22(23)25;2-1-3/h3-5,7-13,21,24H,1,6,14-15H2,2H3;1H,(H2,2,3)/b10-9+;/t21-;/m1./s1. The highest BCUT2D eigenvalue weighted by Gasteiger charge is 2.31. The van der Waals surface area contributed by atoms with E-state index in [4.69, 9.17) is 14.6 Å². The average Bonchev–Trinajstić information content (AvgIpc) is 3.10. The number of aliphatic hydroxyl groups is 1. The number of nitrogens with zero attached hydrogens (tertiary/aromatic N) is 1. The number of rotatable bonds is 6. The number of aryl methyl sites for hydroxylation is 1. The molecule has 2 amide bonds. The summed E-state index contributed by atoms with van der Waals surface area (Å²) in [6.07, 6.45) is 6.31. The summed E-state index contributed by atoms with van der Waals surface area (Å²) in [5.41, 5.74) is 9.52. The number of hydrogen-bond donors (Lipinski definition) is 2. The van der Waals surface area contributed by atoms with E-state index in [-0.39, 0.29) is 13.0 Å². The summed E-state index contributed by atoms with van der Waals surface area (Å²) >= 11 is 0. The summed E-state index contributed by atoms with van der Waals surface area (Å²) < 4.78 is 5.10. The molecule has 152 valence electrons. The van der Waals surface area contributed by atoms with Gasteiger partial charge in [0.1, 0.15) is 6.10 Å². The fraction of sp³-hybridized carbons (Fsp3) is 0.217. The van der Waals surface area contributed by atoms with Crippen LogP contribution in [-0.2, 0) is 16.0 Å². The maximum atomic E-state index is 11.9. The van der Waals surface area contributed by atoms with Crippen LogP contribution in [0.5, 0.6) is 0 Å². The highest BCUT2D eigenvalue weighted by Crippen LogP contribution is 2.25. The summed E-state index contributed by atoms with van der Waals surface area (Å²) in [4.78, 5) is 22.1. The SMILES string of the molecule is C=CCc1ccccc1/C=C/c1ccc(N2C[C@H](CO)OC2=O)cc1C.NC=O. The van der Waals surface area contributed by atoms with Gasteiger partial charge in [-0.3, -0.25) is 9.69 Å². The molecule has 2 aromatic rings. The van der Waals surface area contributed by atoms with E-state index < -0.39 is 12.2 Å². The number of carbonyl (C=O) groups is 2. The van der Waals surface area contributed by atoms with Gasteiger partial charge in [0, 0.05) is 5.69 Å². The molecule has 1 heterocycles. The molecule has 2 aromatic carbocycles. The van der Waals surface area contributed by atoms with Crippen LogP contribution in [0.3, 0.4) is 0 Å². The first kappa shape index (κ1) is 21.9. The minimum atomic E-state index is -0.455. The molecule has 1 saturated heterocycles. The molecule has 29 heavy (non-hydrogen) atoms. The van der Waals surface area contributed by atoms with Crippen LogP contribution in [0, 0.1) is 6.92 Å². The molecular weight excluding hydrogens is 368 g/mol. The van der Waals surface area contributed by atoms with Crippen molar-refractivity contribution in [2.24, 2.45) is 5.73 Å². The summed E-state index contributed by atoms with van der Waals surface area (Å²) in [7, 11) is 0. The number of anilines is 1. The summed E-state index contributed by atoms with van der Waals surface area (Å²) in [5.74, 6) is 0. The normalized spacial score (nSPS) is 15.6. The molecule has 3 rings (SSSR count). The Bertz CT molecular complexity index is 892. The summed E-state index contributed by atoms with van der Waals surface area (Å²) in [5, 5.41) is 9.17. The van der Waals surface area contributed by atoms with Crippen molar-refractivity contribution in [2.45, 2.75) is 19.4 Å². The number of cyclic esters (lactones) is 1. The lowest BCUT2D eigenvalue weighted by atomic mass is 10.0. The minimum Gasteiger partial charge on any atom is -0.441 e. The first-order valence-corrected chi connectivity index (χ1v) is 9.26. The first-order valence-electron chi connectivity index (χ1n) is 9.26. The van der Waals surface area contributed by atoms with Crippen molar-refractivity contribution < 1.29 is 19.4 Å². The number of ether oxygens (including phenoxy) is 1. The monoisotopic (exact) mass is 394 g/mol. The molecule has 6 heteroatoms. The zero-order chi connectivity index (χ0) is 21.2. The third-order valence-electron chi connectivity index (χ3n) is 4.50. The number of aliphatic hydroxyl groups excluding tert-OH is 1.